The molecule has 5 nitrogen and oxygen atoms in total. The maximum Gasteiger partial charge on any atom is 0.257 e. The van der Waals surface area contributed by atoms with Gasteiger partial charge in [0.05, 0.1) is 11.8 Å². The molecule has 1 aromatic heterocycles. The molecule has 6 heteroatoms. The van der Waals surface area contributed by atoms with Crippen LogP contribution in [0.3, 0.4) is 0 Å². The standard InChI is InChI=1S/C11H18N4O.ClH/c1-8-10(6-13-14-8)11(16)15-4-2-3-9(5-12)7-15;/h6,9H,2-5,7,12H2,1H3,(H,13,14);1H. The summed E-state index contributed by atoms with van der Waals surface area (Å²) in [6, 6.07) is 0. The van der Waals surface area contributed by atoms with Crippen molar-refractivity contribution < 1.29 is 4.79 Å². The number of nitrogens with zero attached hydrogens (tertiary/aromatic N) is 2. The number of hydrogen-bond acceptors (Lipinski definition) is 3. The predicted octanol–water partition coefficient (Wildman–Crippen LogP) is 0.951. The van der Waals surface area contributed by atoms with E-state index in [1.165, 1.54) is 0 Å². The van der Waals surface area contributed by atoms with Gasteiger partial charge < -0.3 is 10.6 Å². The Labute approximate surface area is 107 Å². The second-order valence-electron chi connectivity index (χ2n) is 4.40. The van der Waals surface area contributed by atoms with Crippen molar-refractivity contribution in [2.45, 2.75) is 19.8 Å². The molecule has 1 saturated heterocycles. The normalized spacial score (nSPS) is 19.9. The van der Waals surface area contributed by atoms with Crippen molar-refractivity contribution in [3.8, 4) is 0 Å². The predicted molar refractivity (Wildman–Crippen MR) is 68.3 cm³/mol. The number of aryl methyl sites for hydroxylation is 1. The minimum atomic E-state index is 0. The second-order valence-corrected chi connectivity index (χ2v) is 4.40. The van der Waals surface area contributed by atoms with E-state index in [4.69, 9.17) is 5.73 Å². The largest absolute Gasteiger partial charge is 0.338 e. The van der Waals surface area contributed by atoms with Gasteiger partial charge in [-0.05, 0) is 32.2 Å². The molecule has 0 radical (unpaired) electrons. The molecule has 3 N–H and O–H groups in total. The molecule has 0 bridgehead atoms. The summed E-state index contributed by atoms with van der Waals surface area (Å²) in [7, 11) is 0. The lowest BCUT2D eigenvalue weighted by atomic mass is 9.98. The molecule has 1 aliphatic heterocycles. The molecule has 0 aliphatic carbocycles. The summed E-state index contributed by atoms with van der Waals surface area (Å²) in [6.07, 6.45) is 3.78. The molecule has 96 valence electrons. The smallest absolute Gasteiger partial charge is 0.257 e. The highest BCUT2D eigenvalue weighted by Crippen LogP contribution is 2.18. The number of carbonyl (C=O) groups is 1. The van der Waals surface area contributed by atoms with Crippen LogP contribution >= 0.6 is 12.4 Å². The van der Waals surface area contributed by atoms with E-state index in [1.54, 1.807) is 6.20 Å². The Kier molecular flexibility index (Phi) is 4.96. The summed E-state index contributed by atoms with van der Waals surface area (Å²) >= 11 is 0. The first-order valence-corrected chi connectivity index (χ1v) is 5.71. The van der Waals surface area contributed by atoms with Gasteiger partial charge in [0.15, 0.2) is 0 Å². The molecular weight excluding hydrogens is 240 g/mol. The third kappa shape index (κ3) is 2.98. The fourth-order valence-corrected chi connectivity index (χ4v) is 2.18. The first-order valence-electron chi connectivity index (χ1n) is 5.71. The van der Waals surface area contributed by atoms with Crippen molar-refractivity contribution in [1.82, 2.24) is 15.1 Å². The number of piperidine rings is 1. The molecule has 2 rings (SSSR count). The van der Waals surface area contributed by atoms with E-state index in [1.807, 2.05) is 11.8 Å². The average Bonchev–Trinajstić information content (AvgIpc) is 2.74. The minimum Gasteiger partial charge on any atom is -0.338 e. The molecule has 1 amide bonds. The van der Waals surface area contributed by atoms with E-state index in [-0.39, 0.29) is 18.3 Å². The van der Waals surface area contributed by atoms with Crippen LogP contribution < -0.4 is 5.73 Å². The van der Waals surface area contributed by atoms with Crippen molar-refractivity contribution in [3.63, 3.8) is 0 Å². The average molecular weight is 259 g/mol. The minimum absolute atomic E-state index is 0. The van der Waals surface area contributed by atoms with Gasteiger partial charge >= 0.3 is 0 Å². The lowest BCUT2D eigenvalue weighted by molar-refractivity contribution is 0.0677. The van der Waals surface area contributed by atoms with Crippen molar-refractivity contribution in [1.29, 1.82) is 0 Å². The third-order valence-corrected chi connectivity index (χ3v) is 3.20. The zero-order valence-electron chi connectivity index (χ0n) is 9.98. The van der Waals surface area contributed by atoms with Crippen molar-refractivity contribution in [3.05, 3.63) is 17.5 Å². The van der Waals surface area contributed by atoms with E-state index in [0.717, 1.165) is 31.6 Å². The Morgan fingerprint density at radius 3 is 3.06 bits per heavy atom. The summed E-state index contributed by atoms with van der Waals surface area (Å²) in [5, 5.41) is 6.67. The van der Waals surface area contributed by atoms with E-state index < -0.39 is 0 Å². The van der Waals surface area contributed by atoms with Gasteiger partial charge in [-0.3, -0.25) is 9.89 Å². The van der Waals surface area contributed by atoms with Crippen molar-refractivity contribution in [2.75, 3.05) is 19.6 Å². The van der Waals surface area contributed by atoms with Crippen molar-refractivity contribution in [2.24, 2.45) is 11.7 Å². The highest BCUT2D eigenvalue weighted by atomic mass is 35.5. The molecule has 2 heterocycles. The van der Waals surface area contributed by atoms with Crippen molar-refractivity contribution >= 4 is 18.3 Å². The lowest BCUT2D eigenvalue weighted by Gasteiger charge is -2.32. The summed E-state index contributed by atoms with van der Waals surface area (Å²) in [5.41, 5.74) is 7.17. The number of rotatable bonds is 2. The lowest BCUT2D eigenvalue weighted by Crippen LogP contribution is -2.42. The molecule has 1 aromatic rings. The van der Waals surface area contributed by atoms with Crippen LogP contribution in [0.25, 0.3) is 0 Å². The summed E-state index contributed by atoms with van der Waals surface area (Å²) in [4.78, 5) is 14.1. The van der Waals surface area contributed by atoms with Gasteiger partial charge in [-0.15, -0.1) is 12.4 Å². The number of hydrogen-bond donors (Lipinski definition) is 2. The SMILES string of the molecule is Cc1[nH]ncc1C(=O)N1CCCC(CN)C1.Cl. The highest BCUT2D eigenvalue weighted by Gasteiger charge is 2.25. The highest BCUT2D eigenvalue weighted by molar-refractivity contribution is 5.95. The molecule has 1 atom stereocenters. The molecule has 17 heavy (non-hydrogen) atoms. The van der Waals surface area contributed by atoms with E-state index in [2.05, 4.69) is 10.2 Å². The number of carbonyl (C=O) groups excluding carboxylic acids is 1. The Morgan fingerprint density at radius 2 is 2.47 bits per heavy atom. The Morgan fingerprint density at radius 1 is 1.71 bits per heavy atom. The van der Waals surface area contributed by atoms with Crippen LogP contribution in [0, 0.1) is 12.8 Å². The van der Waals surface area contributed by atoms with Crippen LogP contribution in [-0.4, -0.2) is 40.6 Å². The third-order valence-electron chi connectivity index (χ3n) is 3.20. The fourth-order valence-electron chi connectivity index (χ4n) is 2.18. The molecule has 1 unspecified atom stereocenters. The maximum absolute atomic E-state index is 12.2. The molecule has 1 aliphatic rings. The number of amides is 1. The van der Waals surface area contributed by atoms with E-state index >= 15 is 0 Å². The van der Waals surface area contributed by atoms with Crippen LogP contribution in [0.5, 0.6) is 0 Å². The quantitative estimate of drug-likeness (QED) is 0.829. The molecule has 1 fully saturated rings. The molecule has 0 spiro atoms. The Balaban J connectivity index is 0.00000144. The van der Waals surface area contributed by atoms with Gasteiger partial charge in [0.25, 0.3) is 5.91 Å². The summed E-state index contributed by atoms with van der Waals surface area (Å²) < 4.78 is 0. The zero-order chi connectivity index (χ0) is 11.5. The maximum atomic E-state index is 12.2. The monoisotopic (exact) mass is 258 g/mol. The first-order chi connectivity index (χ1) is 7.72. The van der Waals surface area contributed by atoms with E-state index in [0.29, 0.717) is 18.0 Å². The van der Waals surface area contributed by atoms with E-state index in [9.17, 15) is 4.79 Å². The fraction of sp³-hybridized carbons (Fsp3) is 0.636. The number of H-pyrrole nitrogens is 1. The van der Waals surface area contributed by atoms with Crippen LogP contribution in [0.1, 0.15) is 28.9 Å². The van der Waals surface area contributed by atoms with Crippen LogP contribution in [0.2, 0.25) is 0 Å². The van der Waals surface area contributed by atoms with Gasteiger partial charge in [0.1, 0.15) is 0 Å². The summed E-state index contributed by atoms with van der Waals surface area (Å²) in [6.45, 7) is 4.14. The molecular formula is C11H19ClN4O. The summed E-state index contributed by atoms with van der Waals surface area (Å²) in [5.74, 6) is 0.523. The number of aromatic amines is 1. The Bertz CT molecular complexity index is 379. The molecule has 0 aromatic carbocycles. The molecule has 0 saturated carbocycles. The van der Waals surface area contributed by atoms with Gasteiger partial charge in [-0.1, -0.05) is 0 Å². The van der Waals surface area contributed by atoms with Crippen LogP contribution in [0.15, 0.2) is 6.20 Å². The first kappa shape index (κ1) is 14.0. The van der Waals surface area contributed by atoms with Gasteiger partial charge in [-0.2, -0.15) is 5.10 Å². The zero-order valence-corrected chi connectivity index (χ0v) is 10.8. The number of likely N-dealkylation sites (tertiary alicyclic amines) is 1. The van der Waals surface area contributed by atoms with Crippen LogP contribution in [-0.2, 0) is 0 Å². The van der Waals surface area contributed by atoms with Crippen LogP contribution in [0.4, 0.5) is 0 Å². The second kappa shape index (κ2) is 6.02. The topological polar surface area (TPSA) is 75.0 Å². The van der Waals surface area contributed by atoms with Gasteiger partial charge in [0, 0.05) is 18.8 Å². The Hall–Kier alpha value is -1.07. The number of halogens is 1. The number of aromatic nitrogens is 2. The van der Waals surface area contributed by atoms with Gasteiger partial charge in [0.2, 0.25) is 0 Å². The number of nitrogens with one attached hydrogen (secondary N) is 1. The van der Waals surface area contributed by atoms with Gasteiger partial charge in [-0.25, -0.2) is 0 Å². The number of nitrogens with two attached hydrogens (primary N) is 1.